The molecule has 0 bridgehead atoms. The molecule has 1 heterocycles. The van der Waals surface area contributed by atoms with Gasteiger partial charge in [-0.3, -0.25) is 19.8 Å². The highest BCUT2D eigenvalue weighted by Gasteiger charge is 2.32. The predicted molar refractivity (Wildman–Crippen MR) is 94.8 cm³/mol. The van der Waals surface area contributed by atoms with E-state index in [1.807, 2.05) is 0 Å². The molecule has 1 atom stereocenters. The van der Waals surface area contributed by atoms with Gasteiger partial charge in [0.25, 0.3) is 11.8 Å². The van der Waals surface area contributed by atoms with Gasteiger partial charge >= 0.3 is 5.97 Å². The highest BCUT2D eigenvalue weighted by atomic mass is 32.1. The number of thiocarbonyl (C=S) groups is 1. The molecule has 2 rings (SSSR count). The second-order valence-corrected chi connectivity index (χ2v) is 5.58. The lowest BCUT2D eigenvalue weighted by molar-refractivity contribution is -0.144. The molecule has 1 aliphatic heterocycles. The Morgan fingerprint density at radius 2 is 2.04 bits per heavy atom. The molecule has 1 saturated heterocycles. The largest absolute Gasteiger partial charge is 0.479 e. The van der Waals surface area contributed by atoms with Gasteiger partial charge in [-0.1, -0.05) is 18.2 Å². The van der Waals surface area contributed by atoms with E-state index in [9.17, 15) is 14.4 Å². The number of benzene rings is 1. The number of ether oxygens (including phenoxy) is 1. The minimum atomic E-state index is -1.08. The van der Waals surface area contributed by atoms with Crippen LogP contribution in [0.2, 0.25) is 0 Å². The Labute approximate surface area is 149 Å². The van der Waals surface area contributed by atoms with Crippen molar-refractivity contribution in [2.45, 2.75) is 13.0 Å². The van der Waals surface area contributed by atoms with E-state index >= 15 is 0 Å². The molecule has 130 valence electrons. The van der Waals surface area contributed by atoms with E-state index in [2.05, 4.69) is 11.9 Å². The summed E-state index contributed by atoms with van der Waals surface area (Å²) in [7, 11) is 0. The third-order valence-electron chi connectivity index (χ3n) is 3.35. The van der Waals surface area contributed by atoms with Gasteiger partial charge < -0.3 is 9.84 Å². The third kappa shape index (κ3) is 4.30. The van der Waals surface area contributed by atoms with Crippen LogP contribution >= 0.6 is 12.2 Å². The molecule has 0 aromatic heterocycles. The number of nitrogens with zero attached hydrogens (tertiary/aromatic N) is 1. The van der Waals surface area contributed by atoms with Gasteiger partial charge in [0.05, 0.1) is 0 Å². The van der Waals surface area contributed by atoms with Crippen molar-refractivity contribution >= 4 is 41.2 Å². The lowest BCUT2D eigenvalue weighted by atomic mass is 10.1. The van der Waals surface area contributed by atoms with Gasteiger partial charge in [0.1, 0.15) is 11.3 Å². The summed E-state index contributed by atoms with van der Waals surface area (Å²) in [5, 5.41) is 11.3. The first kappa shape index (κ1) is 18.3. The summed E-state index contributed by atoms with van der Waals surface area (Å²) in [6.07, 6.45) is 1.96. The van der Waals surface area contributed by atoms with Crippen LogP contribution in [-0.2, 0) is 14.4 Å². The topological polar surface area (TPSA) is 95.9 Å². The number of aliphatic carboxylic acids is 1. The Kier molecular flexibility index (Phi) is 5.66. The van der Waals surface area contributed by atoms with E-state index in [4.69, 9.17) is 22.1 Å². The van der Waals surface area contributed by atoms with Gasteiger partial charge in [-0.15, -0.1) is 6.58 Å². The first-order valence-corrected chi connectivity index (χ1v) is 7.73. The van der Waals surface area contributed by atoms with Gasteiger partial charge in [-0.25, -0.2) is 4.79 Å². The van der Waals surface area contributed by atoms with E-state index in [0.717, 1.165) is 0 Å². The van der Waals surface area contributed by atoms with E-state index in [1.54, 1.807) is 24.3 Å². The number of carbonyl (C=O) groups is 3. The van der Waals surface area contributed by atoms with Crippen molar-refractivity contribution in [1.29, 1.82) is 0 Å². The molecule has 0 aliphatic carbocycles. The van der Waals surface area contributed by atoms with Crippen molar-refractivity contribution in [3.8, 4) is 5.75 Å². The fourth-order valence-corrected chi connectivity index (χ4v) is 2.30. The summed E-state index contributed by atoms with van der Waals surface area (Å²) in [6, 6.07) is 6.34. The summed E-state index contributed by atoms with van der Waals surface area (Å²) in [4.78, 5) is 36.4. The number of rotatable bonds is 6. The second-order valence-electron chi connectivity index (χ2n) is 5.19. The lowest BCUT2D eigenvalue weighted by Crippen LogP contribution is -2.53. The van der Waals surface area contributed by atoms with Crippen molar-refractivity contribution < 1.29 is 24.2 Å². The molecular formula is C17H16N2O5S. The number of carboxylic acids is 1. The summed E-state index contributed by atoms with van der Waals surface area (Å²) in [6.45, 7) is 5.16. The molecular weight excluding hydrogens is 344 g/mol. The van der Waals surface area contributed by atoms with Crippen LogP contribution in [0.1, 0.15) is 12.5 Å². The highest BCUT2D eigenvalue weighted by Crippen LogP contribution is 2.18. The second kappa shape index (κ2) is 7.71. The molecule has 25 heavy (non-hydrogen) atoms. The highest BCUT2D eigenvalue weighted by molar-refractivity contribution is 7.80. The number of carbonyl (C=O) groups excluding carboxylic acids is 2. The van der Waals surface area contributed by atoms with Crippen LogP contribution in [0.4, 0.5) is 0 Å². The lowest BCUT2D eigenvalue weighted by Gasteiger charge is -2.27. The van der Waals surface area contributed by atoms with Gasteiger partial charge in [-0.05, 0) is 42.9 Å². The van der Waals surface area contributed by atoms with Crippen LogP contribution in [0.25, 0.3) is 6.08 Å². The maximum absolute atomic E-state index is 12.4. The van der Waals surface area contributed by atoms with Gasteiger partial charge in [0, 0.05) is 6.54 Å². The van der Waals surface area contributed by atoms with Gasteiger partial charge in [0.2, 0.25) is 0 Å². The molecule has 2 amide bonds. The summed E-state index contributed by atoms with van der Waals surface area (Å²) in [5.41, 5.74) is 0.531. The average molecular weight is 360 g/mol. The van der Waals surface area contributed by atoms with Crippen LogP contribution in [0.5, 0.6) is 5.75 Å². The smallest absolute Gasteiger partial charge is 0.344 e. The minimum absolute atomic E-state index is 0.0402. The Hall–Kier alpha value is -3.00. The van der Waals surface area contributed by atoms with Gasteiger partial charge in [-0.2, -0.15) is 0 Å². The van der Waals surface area contributed by atoms with Crippen molar-refractivity contribution in [3.63, 3.8) is 0 Å². The van der Waals surface area contributed by atoms with E-state index < -0.39 is 23.9 Å². The number of nitrogens with one attached hydrogen (secondary N) is 1. The normalized spacial score (nSPS) is 17.2. The van der Waals surface area contributed by atoms with Crippen molar-refractivity contribution in [2.24, 2.45) is 0 Å². The molecule has 0 unspecified atom stereocenters. The zero-order valence-electron chi connectivity index (χ0n) is 13.4. The molecule has 7 nitrogen and oxygen atoms in total. The maximum atomic E-state index is 12.4. The molecule has 1 aliphatic rings. The fourth-order valence-electron chi connectivity index (χ4n) is 2.05. The van der Waals surface area contributed by atoms with Crippen LogP contribution in [0.15, 0.2) is 42.5 Å². The predicted octanol–water partition coefficient (Wildman–Crippen LogP) is 1.35. The molecule has 1 aromatic rings. The molecule has 2 N–H and O–H groups in total. The minimum Gasteiger partial charge on any atom is -0.479 e. The van der Waals surface area contributed by atoms with E-state index in [0.29, 0.717) is 11.3 Å². The first-order chi connectivity index (χ1) is 11.8. The maximum Gasteiger partial charge on any atom is 0.344 e. The monoisotopic (exact) mass is 360 g/mol. The Balaban J connectivity index is 2.22. The Morgan fingerprint density at radius 1 is 1.40 bits per heavy atom. The van der Waals surface area contributed by atoms with Gasteiger partial charge in [0.15, 0.2) is 11.2 Å². The Bertz CT molecular complexity index is 770. The van der Waals surface area contributed by atoms with E-state index in [1.165, 1.54) is 24.0 Å². The quantitative estimate of drug-likeness (QED) is 0.344. The van der Waals surface area contributed by atoms with Crippen LogP contribution in [-0.4, -0.2) is 45.6 Å². The molecule has 0 radical (unpaired) electrons. The summed E-state index contributed by atoms with van der Waals surface area (Å²) >= 11 is 4.98. The molecule has 0 spiro atoms. The van der Waals surface area contributed by atoms with Crippen molar-refractivity contribution in [3.05, 3.63) is 48.1 Å². The molecule has 1 aromatic carbocycles. The summed E-state index contributed by atoms with van der Waals surface area (Å²) < 4.78 is 5.22. The summed E-state index contributed by atoms with van der Waals surface area (Å²) in [5.74, 6) is -1.79. The SMILES string of the molecule is C=CCN1C(=O)/C(=C/c2ccc(O[C@@H](C)C(=O)O)cc2)C(=O)NC1=S. The number of hydrogen-bond acceptors (Lipinski definition) is 5. The van der Waals surface area contributed by atoms with Crippen molar-refractivity contribution in [2.75, 3.05) is 6.54 Å². The third-order valence-corrected chi connectivity index (χ3v) is 3.67. The van der Waals surface area contributed by atoms with Crippen molar-refractivity contribution in [1.82, 2.24) is 10.2 Å². The number of carboxylic acid groups (broad SMARTS) is 1. The number of hydrogen-bond donors (Lipinski definition) is 2. The van der Waals surface area contributed by atoms with Crippen LogP contribution in [0.3, 0.4) is 0 Å². The standard InChI is InChI=1S/C17H16N2O5S/c1-3-8-19-15(21)13(14(20)18-17(19)25)9-11-4-6-12(7-5-11)24-10(2)16(22)23/h3-7,9-10H,1,8H2,2H3,(H,22,23)(H,18,20,25)/b13-9+/t10-/m0/s1. The molecule has 0 saturated carbocycles. The molecule has 1 fully saturated rings. The zero-order valence-corrected chi connectivity index (χ0v) is 14.2. The number of amides is 2. The zero-order chi connectivity index (χ0) is 18.6. The fraction of sp³-hybridized carbons (Fsp3) is 0.176. The van der Waals surface area contributed by atoms with Crippen LogP contribution in [0, 0.1) is 0 Å². The first-order valence-electron chi connectivity index (χ1n) is 7.32. The Morgan fingerprint density at radius 3 is 2.60 bits per heavy atom. The van der Waals surface area contributed by atoms with Crippen LogP contribution < -0.4 is 10.1 Å². The van der Waals surface area contributed by atoms with E-state index in [-0.39, 0.29) is 17.2 Å². The molecule has 8 heteroatoms. The average Bonchev–Trinajstić information content (AvgIpc) is 2.56.